The normalized spacial score (nSPS) is 16.0. The minimum atomic E-state index is -3.70. The van der Waals surface area contributed by atoms with Crippen molar-refractivity contribution >= 4 is 33.0 Å². The average Bonchev–Trinajstić information content (AvgIpc) is 3.59. The minimum Gasteiger partial charge on any atom is -0.337 e. The van der Waals surface area contributed by atoms with Gasteiger partial charge in [0.1, 0.15) is 5.82 Å². The van der Waals surface area contributed by atoms with Gasteiger partial charge in [-0.3, -0.25) is 4.79 Å². The molecule has 2 aromatic heterocycles. The largest absolute Gasteiger partial charge is 0.337 e. The van der Waals surface area contributed by atoms with Crippen molar-refractivity contribution in [1.29, 1.82) is 0 Å². The molecule has 0 radical (unpaired) electrons. The third-order valence-electron chi connectivity index (χ3n) is 7.42. The summed E-state index contributed by atoms with van der Waals surface area (Å²) in [5.41, 5.74) is 3.80. The standard InChI is InChI=1S/C30H34N4O3S2/c1-21-9-13-25(14-10-21)39(36,37)32-27-7-4-6-23-11-12-24(19-26(23)27)34(20-29-31-15-16-33(29)3)30(35)18-22(2)28-8-5-17-38-28/h5,8-17,19,22,27,32H,4,6-7,18,20H2,1-3H3/t22-,27-/m0/s1. The van der Waals surface area contributed by atoms with Crippen LogP contribution in [0.2, 0.25) is 0 Å². The Bertz CT molecular complexity index is 1540. The lowest BCUT2D eigenvalue weighted by molar-refractivity contribution is -0.119. The molecule has 0 fully saturated rings. The van der Waals surface area contributed by atoms with Crippen molar-refractivity contribution in [2.45, 2.75) is 62.9 Å². The molecule has 0 saturated heterocycles. The van der Waals surface area contributed by atoms with Crippen molar-refractivity contribution in [3.8, 4) is 0 Å². The highest BCUT2D eigenvalue weighted by molar-refractivity contribution is 7.89. The number of aromatic nitrogens is 2. The van der Waals surface area contributed by atoms with E-state index in [1.165, 1.54) is 4.88 Å². The second kappa shape index (κ2) is 11.5. The first-order chi connectivity index (χ1) is 18.7. The molecule has 2 heterocycles. The molecule has 0 aliphatic heterocycles. The molecule has 2 atom stereocenters. The Hall–Kier alpha value is -3.27. The van der Waals surface area contributed by atoms with E-state index in [2.05, 4.69) is 22.7 Å². The van der Waals surface area contributed by atoms with Crippen LogP contribution in [0.3, 0.4) is 0 Å². The van der Waals surface area contributed by atoms with E-state index in [9.17, 15) is 13.2 Å². The number of anilines is 1. The molecule has 9 heteroatoms. The Balaban J connectivity index is 1.46. The average molecular weight is 563 g/mol. The van der Waals surface area contributed by atoms with Crippen molar-refractivity contribution in [2.24, 2.45) is 7.05 Å². The molecule has 4 aromatic rings. The lowest BCUT2D eigenvalue weighted by Gasteiger charge is -2.30. The highest BCUT2D eigenvalue weighted by Gasteiger charge is 2.28. The van der Waals surface area contributed by atoms with Crippen LogP contribution in [0.25, 0.3) is 0 Å². The van der Waals surface area contributed by atoms with Crippen LogP contribution in [-0.2, 0) is 34.8 Å². The molecule has 1 aliphatic rings. The SMILES string of the molecule is Cc1ccc(S(=O)(=O)N[C@H]2CCCc3ccc(N(Cc4nccn4C)C(=O)C[C@H](C)c4cccs4)cc32)cc1. The summed E-state index contributed by atoms with van der Waals surface area (Å²) in [5, 5.41) is 2.03. The van der Waals surface area contributed by atoms with Crippen molar-refractivity contribution < 1.29 is 13.2 Å². The smallest absolute Gasteiger partial charge is 0.241 e. The zero-order valence-electron chi connectivity index (χ0n) is 22.5. The number of aryl methyl sites for hydroxylation is 3. The fourth-order valence-corrected chi connectivity index (χ4v) is 7.14. The highest BCUT2D eigenvalue weighted by atomic mass is 32.2. The molecule has 0 saturated carbocycles. The minimum absolute atomic E-state index is 0.00597. The lowest BCUT2D eigenvalue weighted by atomic mass is 9.87. The molecule has 1 aliphatic carbocycles. The van der Waals surface area contributed by atoms with Gasteiger partial charge < -0.3 is 9.47 Å². The van der Waals surface area contributed by atoms with Crippen LogP contribution in [0.5, 0.6) is 0 Å². The van der Waals surface area contributed by atoms with Gasteiger partial charge in [0, 0.05) is 42.5 Å². The number of sulfonamides is 1. The molecule has 7 nitrogen and oxygen atoms in total. The number of benzene rings is 2. The Morgan fingerprint density at radius 3 is 2.69 bits per heavy atom. The Kier molecular flexibility index (Phi) is 8.02. The lowest BCUT2D eigenvalue weighted by Crippen LogP contribution is -2.34. The van der Waals surface area contributed by atoms with E-state index >= 15 is 0 Å². The van der Waals surface area contributed by atoms with Gasteiger partial charge in [0.05, 0.1) is 11.4 Å². The van der Waals surface area contributed by atoms with E-state index in [0.29, 0.717) is 19.4 Å². The fourth-order valence-electron chi connectivity index (χ4n) is 5.11. The number of nitrogens with zero attached hydrogens (tertiary/aromatic N) is 3. The van der Waals surface area contributed by atoms with E-state index < -0.39 is 10.0 Å². The number of nitrogens with one attached hydrogen (secondary N) is 1. The third kappa shape index (κ3) is 6.16. The maximum atomic E-state index is 13.8. The zero-order valence-corrected chi connectivity index (χ0v) is 24.1. The number of carbonyl (C=O) groups is 1. The quantitative estimate of drug-likeness (QED) is 0.276. The van der Waals surface area contributed by atoms with Crippen molar-refractivity contribution in [3.63, 3.8) is 0 Å². The topological polar surface area (TPSA) is 84.3 Å². The summed E-state index contributed by atoms with van der Waals surface area (Å²) in [6.45, 7) is 4.34. The number of thiophene rings is 1. The van der Waals surface area contributed by atoms with Gasteiger partial charge >= 0.3 is 0 Å². The molecule has 1 amide bonds. The van der Waals surface area contributed by atoms with Gasteiger partial charge in [-0.2, -0.15) is 0 Å². The second-order valence-electron chi connectivity index (χ2n) is 10.3. The van der Waals surface area contributed by atoms with Gasteiger partial charge in [-0.1, -0.05) is 36.8 Å². The summed E-state index contributed by atoms with van der Waals surface area (Å²) in [6.07, 6.45) is 6.43. The zero-order chi connectivity index (χ0) is 27.6. The number of rotatable bonds is 9. The Morgan fingerprint density at radius 1 is 1.21 bits per heavy atom. The number of hydrogen-bond donors (Lipinski definition) is 1. The maximum absolute atomic E-state index is 13.8. The summed E-state index contributed by atoms with van der Waals surface area (Å²) >= 11 is 1.66. The number of amides is 1. The van der Waals surface area contributed by atoms with Crippen LogP contribution in [-0.4, -0.2) is 23.9 Å². The second-order valence-corrected chi connectivity index (χ2v) is 13.0. The first kappa shape index (κ1) is 27.3. The van der Waals surface area contributed by atoms with E-state index in [0.717, 1.165) is 41.0 Å². The summed E-state index contributed by atoms with van der Waals surface area (Å²) in [7, 11) is -1.78. The Morgan fingerprint density at radius 2 is 2.00 bits per heavy atom. The molecule has 0 spiro atoms. The van der Waals surface area contributed by atoms with Crippen molar-refractivity contribution in [1.82, 2.24) is 14.3 Å². The van der Waals surface area contributed by atoms with E-state index in [-0.39, 0.29) is 22.8 Å². The predicted octanol–water partition coefficient (Wildman–Crippen LogP) is 5.87. The number of fused-ring (bicyclic) bond motifs is 1. The first-order valence-electron chi connectivity index (χ1n) is 13.2. The summed E-state index contributed by atoms with van der Waals surface area (Å²) < 4.78 is 31.3. The van der Waals surface area contributed by atoms with E-state index in [4.69, 9.17) is 0 Å². The van der Waals surface area contributed by atoms with E-state index in [1.54, 1.807) is 46.7 Å². The summed E-state index contributed by atoms with van der Waals surface area (Å²) in [4.78, 5) is 21.4. The predicted molar refractivity (Wildman–Crippen MR) is 155 cm³/mol. The maximum Gasteiger partial charge on any atom is 0.241 e. The number of carbonyl (C=O) groups excluding carboxylic acids is 1. The van der Waals surface area contributed by atoms with Crippen LogP contribution in [0, 0.1) is 6.92 Å². The fraction of sp³-hybridized carbons (Fsp3) is 0.333. The van der Waals surface area contributed by atoms with Gasteiger partial charge in [-0.15, -0.1) is 11.3 Å². The number of imidazole rings is 1. The van der Waals surface area contributed by atoms with E-state index in [1.807, 2.05) is 54.4 Å². The molecule has 2 aromatic carbocycles. The summed E-state index contributed by atoms with van der Waals surface area (Å²) in [6, 6.07) is 16.6. The Labute approximate surface area is 234 Å². The first-order valence-corrected chi connectivity index (χ1v) is 15.6. The molecule has 39 heavy (non-hydrogen) atoms. The van der Waals surface area contributed by atoms with Crippen LogP contribution < -0.4 is 9.62 Å². The molecule has 1 N–H and O–H groups in total. The van der Waals surface area contributed by atoms with Crippen LogP contribution >= 0.6 is 11.3 Å². The van der Waals surface area contributed by atoms with Gasteiger partial charge in [0.15, 0.2) is 0 Å². The van der Waals surface area contributed by atoms with Crippen LogP contribution in [0.4, 0.5) is 5.69 Å². The molecule has 0 bridgehead atoms. The molecule has 0 unspecified atom stereocenters. The van der Waals surface area contributed by atoms with Gasteiger partial charge in [-0.25, -0.2) is 18.1 Å². The molecular formula is C30H34N4O3S2. The van der Waals surface area contributed by atoms with Crippen LogP contribution in [0.1, 0.15) is 65.5 Å². The molecular weight excluding hydrogens is 528 g/mol. The van der Waals surface area contributed by atoms with Crippen molar-refractivity contribution in [2.75, 3.05) is 4.90 Å². The van der Waals surface area contributed by atoms with Gasteiger partial charge in [0.25, 0.3) is 0 Å². The van der Waals surface area contributed by atoms with Gasteiger partial charge in [0.2, 0.25) is 15.9 Å². The monoisotopic (exact) mass is 562 g/mol. The third-order valence-corrected chi connectivity index (χ3v) is 10.0. The molecule has 5 rings (SSSR count). The summed E-state index contributed by atoms with van der Waals surface area (Å²) in [5.74, 6) is 0.876. The van der Waals surface area contributed by atoms with Crippen molar-refractivity contribution in [3.05, 3.63) is 99.8 Å². The van der Waals surface area contributed by atoms with Crippen LogP contribution in [0.15, 0.2) is 77.3 Å². The molecule has 204 valence electrons. The van der Waals surface area contributed by atoms with Gasteiger partial charge in [-0.05, 0) is 78.9 Å². The number of hydrogen-bond acceptors (Lipinski definition) is 5. The highest BCUT2D eigenvalue weighted by Crippen LogP contribution is 2.35.